The Bertz CT molecular complexity index is 503. The molecule has 0 spiro atoms. The summed E-state index contributed by atoms with van der Waals surface area (Å²) in [6, 6.07) is 11.6. The van der Waals surface area contributed by atoms with Gasteiger partial charge in [-0.1, -0.05) is 31.2 Å². The molecule has 0 radical (unpaired) electrons. The second-order valence-electron chi connectivity index (χ2n) is 4.16. The van der Waals surface area contributed by atoms with Crippen molar-refractivity contribution < 1.29 is 9.21 Å². The summed E-state index contributed by atoms with van der Waals surface area (Å²) in [4.78, 5) is 11.8. The van der Waals surface area contributed by atoms with Gasteiger partial charge in [-0.2, -0.15) is 0 Å². The van der Waals surface area contributed by atoms with Crippen molar-refractivity contribution in [2.45, 2.75) is 19.8 Å². The molecular formula is C15H17NO2. The smallest absolute Gasteiger partial charge is 0.224 e. The molecule has 0 aliphatic carbocycles. The molecule has 0 saturated carbocycles. The van der Waals surface area contributed by atoms with Crippen molar-refractivity contribution in [3.05, 3.63) is 48.2 Å². The molecule has 0 saturated heterocycles. The van der Waals surface area contributed by atoms with Gasteiger partial charge < -0.3 is 9.73 Å². The van der Waals surface area contributed by atoms with E-state index >= 15 is 0 Å². The van der Waals surface area contributed by atoms with Gasteiger partial charge in [0.25, 0.3) is 0 Å². The topological polar surface area (TPSA) is 42.2 Å². The first-order valence-electron chi connectivity index (χ1n) is 6.19. The van der Waals surface area contributed by atoms with Crippen LogP contribution in [-0.2, 0) is 11.2 Å². The van der Waals surface area contributed by atoms with Crippen molar-refractivity contribution >= 4 is 5.91 Å². The van der Waals surface area contributed by atoms with Crippen LogP contribution in [0.5, 0.6) is 0 Å². The zero-order chi connectivity index (χ0) is 12.8. The van der Waals surface area contributed by atoms with Gasteiger partial charge in [0.15, 0.2) is 0 Å². The van der Waals surface area contributed by atoms with Gasteiger partial charge in [-0.05, 0) is 24.1 Å². The van der Waals surface area contributed by atoms with Crippen molar-refractivity contribution in [1.82, 2.24) is 5.32 Å². The number of carbonyl (C=O) groups is 1. The van der Waals surface area contributed by atoms with Gasteiger partial charge in [0.2, 0.25) is 5.91 Å². The van der Waals surface area contributed by atoms with Crippen LogP contribution in [-0.4, -0.2) is 12.5 Å². The highest BCUT2D eigenvalue weighted by Gasteiger charge is 2.10. The Balaban J connectivity index is 2.16. The Morgan fingerprint density at radius 3 is 2.78 bits per heavy atom. The minimum Gasteiger partial charge on any atom is -0.464 e. The van der Waals surface area contributed by atoms with Crippen molar-refractivity contribution in [1.29, 1.82) is 0 Å². The molecular weight excluding hydrogens is 226 g/mol. The number of benzene rings is 1. The highest BCUT2D eigenvalue weighted by atomic mass is 16.3. The second-order valence-corrected chi connectivity index (χ2v) is 4.16. The average Bonchev–Trinajstić information content (AvgIpc) is 2.91. The molecule has 1 amide bonds. The zero-order valence-electron chi connectivity index (χ0n) is 10.5. The first kappa shape index (κ1) is 12.4. The third-order valence-electron chi connectivity index (χ3n) is 2.73. The molecule has 0 unspecified atom stereocenters. The van der Waals surface area contributed by atoms with E-state index in [1.807, 2.05) is 43.3 Å². The first-order chi connectivity index (χ1) is 8.81. The Morgan fingerprint density at radius 2 is 2.06 bits per heavy atom. The predicted molar refractivity (Wildman–Crippen MR) is 71.1 cm³/mol. The molecule has 2 rings (SSSR count). The maximum absolute atomic E-state index is 11.8. The number of carbonyl (C=O) groups excluding carboxylic acids is 1. The molecule has 3 nitrogen and oxygen atoms in total. The van der Waals surface area contributed by atoms with Gasteiger partial charge >= 0.3 is 0 Å². The minimum atomic E-state index is 0.0517. The summed E-state index contributed by atoms with van der Waals surface area (Å²) in [6.45, 7) is 2.76. The molecule has 0 atom stereocenters. The van der Waals surface area contributed by atoms with E-state index in [4.69, 9.17) is 4.42 Å². The van der Waals surface area contributed by atoms with Crippen molar-refractivity contribution in [2.24, 2.45) is 0 Å². The van der Waals surface area contributed by atoms with Gasteiger partial charge in [0.1, 0.15) is 5.76 Å². The fourth-order valence-electron chi connectivity index (χ4n) is 1.85. The number of rotatable bonds is 5. The number of nitrogens with one attached hydrogen (secondary N) is 1. The molecule has 0 fully saturated rings. The average molecular weight is 243 g/mol. The molecule has 1 heterocycles. The third-order valence-corrected chi connectivity index (χ3v) is 2.73. The van der Waals surface area contributed by atoms with Crippen LogP contribution in [0.3, 0.4) is 0 Å². The molecule has 2 aromatic rings. The lowest BCUT2D eigenvalue weighted by molar-refractivity contribution is -0.120. The fraction of sp³-hybridized carbons (Fsp3) is 0.267. The standard InChI is InChI=1S/C15H17NO2/c1-2-9-16-15(17)11-12-6-3-4-7-13(12)14-8-5-10-18-14/h3-8,10H,2,9,11H2,1H3,(H,16,17). The Labute approximate surface area is 107 Å². The van der Waals surface area contributed by atoms with Gasteiger partial charge in [-0.15, -0.1) is 0 Å². The number of amides is 1. The normalized spacial score (nSPS) is 10.3. The van der Waals surface area contributed by atoms with Crippen LogP contribution in [0.1, 0.15) is 18.9 Å². The molecule has 0 aliphatic rings. The molecule has 18 heavy (non-hydrogen) atoms. The van der Waals surface area contributed by atoms with E-state index in [2.05, 4.69) is 5.32 Å². The van der Waals surface area contributed by atoms with Gasteiger partial charge in [-0.25, -0.2) is 0 Å². The largest absolute Gasteiger partial charge is 0.464 e. The van der Waals surface area contributed by atoms with Crippen LogP contribution in [0.2, 0.25) is 0 Å². The number of hydrogen-bond donors (Lipinski definition) is 1. The molecule has 0 aliphatic heterocycles. The second kappa shape index (κ2) is 6.05. The Morgan fingerprint density at radius 1 is 1.22 bits per heavy atom. The van der Waals surface area contributed by atoms with Crippen molar-refractivity contribution in [3.8, 4) is 11.3 Å². The molecule has 0 bridgehead atoms. The summed E-state index contributed by atoms with van der Waals surface area (Å²) in [6.07, 6.45) is 2.98. The van der Waals surface area contributed by atoms with Crippen LogP contribution in [0.4, 0.5) is 0 Å². The van der Waals surface area contributed by atoms with E-state index in [1.165, 1.54) is 0 Å². The van der Waals surface area contributed by atoms with E-state index in [-0.39, 0.29) is 5.91 Å². The van der Waals surface area contributed by atoms with Crippen LogP contribution >= 0.6 is 0 Å². The first-order valence-corrected chi connectivity index (χ1v) is 6.19. The lowest BCUT2D eigenvalue weighted by Crippen LogP contribution is -2.25. The van der Waals surface area contributed by atoms with Gasteiger partial charge in [0, 0.05) is 12.1 Å². The third kappa shape index (κ3) is 3.00. The molecule has 1 aromatic carbocycles. The maximum atomic E-state index is 11.8. The summed E-state index contributed by atoms with van der Waals surface area (Å²) >= 11 is 0. The van der Waals surface area contributed by atoms with E-state index < -0.39 is 0 Å². The lowest BCUT2D eigenvalue weighted by Gasteiger charge is -2.07. The summed E-state index contributed by atoms with van der Waals surface area (Å²) in [5.41, 5.74) is 1.97. The van der Waals surface area contributed by atoms with Gasteiger partial charge in [-0.3, -0.25) is 4.79 Å². The maximum Gasteiger partial charge on any atom is 0.224 e. The van der Waals surface area contributed by atoms with E-state index in [9.17, 15) is 4.79 Å². The van der Waals surface area contributed by atoms with Crippen LogP contribution in [0.15, 0.2) is 47.1 Å². The van der Waals surface area contributed by atoms with E-state index in [0.29, 0.717) is 6.42 Å². The van der Waals surface area contributed by atoms with Crippen LogP contribution in [0.25, 0.3) is 11.3 Å². The monoisotopic (exact) mass is 243 g/mol. The highest BCUT2D eigenvalue weighted by Crippen LogP contribution is 2.24. The van der Waals surface area contributed by atoms with E-state index in [0.717, 1.165) is 29.9 Å². The van der Waals surface area contributed by atoms with Gasteiger partial charge in [0.05, 0.1) is 12.7 Å². The quantitative estimate of drug-likeness (QED) is 0.877. The number of hydrogen-bond acceptors (Lipinski definition) is 2. The SMILES string of the molecule is CCCNC(=O)Cc1ccccc1-c1ccco1. The molecule has 1 N–H and O–H groups in total. The fourth-order valence-corrected chi connectivity index (χ4v) is 1.85. The highest BCUT2D eigenvalue weighted by molar-refractivity contribution is 5.81. The van der Waals surface area contributed by atoms with E-state index in [1.54, 1.807) is 6.26 Å². The molecule has 3 heteroatoms. The molecule has 94 valence electrons. The Kier molecular flexibility index (Phi) is 4.18. The summed E-state index contributed by atoms with van der Waals surface area (Å²) in [7, 11) is 0. The molecule has 1 aromatic heterocycles. The zero-order valence-corrected chi connectivity index (χ0v) is 10.5. The summed E-state index contributed by atoms with van der Waals surface area (Å²) < 4.78 is 5.39. The van der Waals surface area contributed by atoms with Crippen LogP contribution in [0, 0.1) is 0 Å². The van der Waals surface area contributed by atoms with Crippen molar-refractivity contribution in [3.63, 3.8) is 0 Å². The summed E-state index contributed by atoms with van der Waals surface area (Å²) in [5.74, 6) is 0.852. The minimum absolute atomic E-state index is 0.0517. The summed E-state index contributed by atoms with van der Waals surface area (Å²) in [5, 5.41) is 2.88. The Hall–Kier alpha value is -2.03. The predicted octanol–water partition coefficient (Wildman–Crippen LogP) is 3.02. The number of furan rings is 1. The lowest BCUT2D eigenvalue weighted by atomic mass is 10.0. The van der Waals surface area contributed by atoms with Crippen LogP contribution < -0.4 is 5.32 Å². The van der Waals surface area contributed by atoms with Crippen molar-refractivity contribution in [2.75, 3.05) is 6.54 Å².